The predicted molar refractivity (Wildman–Crippen MR) is 62.6 cm³/mol. The van der Waals surface area contributed by atoms with Gasteiger partial charge in [-0.3, -0.25) is 4.79 Å². The van der Waals surface area contributed by atoms with E-state index >= 15 is 0 Å². The maximum absolute atomic E-state index is 12.2. The third kappa shape index (κ3) is 4.33. The Morgan fingerprint density at radius 2 is 1.76 bits per heavy atom. The summed E-state index contributed by atoms with van der Waals surface area (Å²) in [6.07, 6.45) is -2.49. The molecule has 0 aliphatic carbocycles. The van der Waals surface area contributed by atoms with Crippen LogP contribution < -0.4 is 0 Å². The number of likely N-dealkylation sites (tertiary alicyclic amines) is 1. The molecule has 0 radical (unpaired) electrons. The number of piperidine rings is 1. The average molecular weight is 314 g/mol. The molecule has 2 atom stereocenters. The van der Waals surface area contributed by atoms with Crippen molar-refractivity contribution in [2.24, 2.45) is 11.8 Å². The third-order valence-corrected chi connectivity index (χ3v) is 3.23. The fourth-order valence-electron chi connectivity index (χ4n) is 2.17. The fraction of sp³-hybridized carbons (Fsp3) is 0.727. The summed E-state index contributed by atoms with van der Waals surface area (Å²) >= 11 is 2.70. The summed E-state index contributed by atoms with van der Waals surface area (Å²) < 4.78 is 36.1. The Labute approximate surface area is 107 Å². The molecule has 0 saturated carbocycles. The van der Waals surface area contributed by atoms with Crippen molar-refractivity contribution >= 4 is 21.7 Å². The SMILES string of the molecule is C[C@@H]1C[C@H](C)CN(/C=C(\Br)C(=O)C(F)(F)F)C1. The summed E-state index contributed by atoms with van der Waals surface area (Å²) in [4.78, 5) is 12.7. The largest absolute Gasteiger partial charge is 0.455 e. The molecule has 0 aromatic rings. The molecule has 1 aliphatic heterocycles. The number of carbonyl (C=O) groups is 1. The van der Waals surface area contributed by atoms with Gasteiger partial charge in [-0.2, -0.15) is 13.2 Å². The Kier molecular flexibility index (Phi) is 4.63. The molecule has 1 aliphatic rings. The first-order chi connectivity index (χ1) is 7.70. The highest BCUT2D eigenvalue weighted by atomic mass is 79.9. The standard InChI is InChI=1S/C11H15BrF3NO/c1-7-3-8(2)5-16(4-7)6-9(12)10(17)11(13,14)15/h6-8H,3-5H2,1-2H3/b9-6-/t7-,8+. The highest BCUT2D eigenvalue weighted by Crippen LogP contribution is 2.26. The summed E-state index contributed by atoms with van der Waals surface area (Å²) in [5.41, 5.74) is 0. The number of hydrogen-bond acceptors (Lipinski definition) is 2. The van der Waals surface area contributed by atoms with Crippen LogP contribution in [0.2, 0.25) is 0 Å². The van der Waals surface area contributed by atoms with E-state index in [2.05, 4.69) is 29.8 Å². The van der Waals surface area contributed by atoms with Gasteiger partial charge in [-0.25, -0.2) is 0 Å². The van der Waals surface area contributed by atoms with Crippen molar-refractivity contribution in [1.82, 2.24) is 4.90 Å². The first-order valence-electron chi connectivity index (χ1n) is 5.43. The van der Waals surface area contributed by atoms with Crippen LogP contribution in [0.4, 0.5) is 13.2 Å². The number of nitrogens with zero attached hydrogens (tertiary/aromatic N) is 1. The van der Waals surface area contributed by atoms with Crippen LogP contribution in [0, 0.1) is 11.8 Å². The van der Waals surface area contributed by atoms with Gasteiger partial charge in [0.1, 0.15) is 0 Å². The number of Topliss-reactive ketones (excluding diaryl/α,β-unsaturated/α-hetero) is 1. The number of hydrogen-bond donors (Lipinski definition) is 0. The molecule has 1 rings (SSSR count). The van der Waals surface area contributed by atoms with E-state index in [0.717, 1.165) is 6.42 Å². The van der Waals surface area contributed by atoms with E-state index < -0.39 is 16.4 Å². The first kappa shape index (κ1) is 14.5. The van der Waals surface area contributed by atoms with Crippen LogP contribution in [0.15, 0.2) is 10.7 Å². The van der Waals surface area contributed by atoms with Crippen LogP contribution >= 0.6 is 15.9 Å². The second-order valence-corrected chi connectivity index (χ2v) is 5.56. The molecule has 0 spiro atoms. The highest BCUT2D eigenvalue weighted by Gasteiger charge is 2.40. The van der Waals surface area contributed by atoms with Crippen LogP contribution in [0.3, 0.4) is 0 Å². The molecule has 1 saturated heterocycles. The third-order valence-electron chi connectivity index (χ3n) is 2.67. The molecular weight excluding hydrogens is 299 g/mol. The lowest BCUT2D eigenvalue weighted by Gasteiger charge is -2.34. The molecule has 0 bridgehead atoms. The summed E-state index contributed by atoms with van der Waals surface area (Å²) in [5.74, 6) is -0.976. The van der Waals surface area contributed by atoms with Gasteiger partial charge in [0.2, 0.25) is 0 Å². The summed E-state index contributed by atoms with van der Waals surface area (Å²) in [6.45, 7) is 5.47. The van der Waals surface area contributed by atoms with Crippen molar-refractivity contribution in [2.75, 3.05) is 13.1 Å². The van der Waals surface area contributed by atoms with E-state index in [1.54, 1.807) is 4.90 Å². The molecule has 1 fully saturated rings. The lowest BCUT2D eigenvalue weighted by molar-refractivity contribution is -0.165. The van der Waals surface area contributed by atoms with Crippen LogP contribution in [-0.4, -0.2) is 29.9 Å². The van der Waals surface area contributed by atoms with Crippen molar-refractivity contribution in [1.29, 1.82) is 0 Å². The highest BCUT2D eigenvalue weighted by molar-refractivity contribution is 9.12. The van der Waals surface area contributed by atoms with Crippen LogP contribution in [0.25, 0.3) is 0 Å². The number of carbonyl (C=O) groups excluding carboxylic acids is 1. The van der Waals surface area contributed by atoms with E-state index in [0.29, 0.717) is 24.9 Å². The number of ketones is 1. The second kappa shape index (κ2) is 5.42. The molecular formula is C11H15BrF3NO. The average Bonchev–Trinajstić information content (AvgIpc) is 2.13. The van der Waals surface area contributed by atoms with Gasteiger partial charge in [-0.05, 0) is 34.2 Å². The van der Waals surface area contributed by atoms with Gasteiger partial charge in [0.15, 0.2) is 0 Å². The zero-order chi connectivity index (χ0) is 13.2. The summed E-state index contributed by atoms with van der Waals surface area (Å²) in [6, 6.07) is 0. The van der Waals surface area contributed by atoms with Crippen molar-refractivity contribution in [2.45, 2.75) is 26.4 Å². The van der Waals surface area contributed by atoms with Crippen LogP contribution in [0.5, 0.6) is 0 Å². The van der Waals surface area contributed by atoms with Gasteiger partial charge < -0.3 is 4.90 Å². The van der Waals surface area contributed by atoms with Crippen molar-refractivity contribution in [3.8, 4) is 0 Å². The molecule has 0 unspecified atom stereocenters. The van der Waals surface area contributed by atoms with Gasteiger partial charge >= 0.3 is 6.18 Å². The van der Waals surface area contributed by atoms with E-state index in [9.17, 15) is 18.0 Å². The molecule has 0 aromatic heterocycles. The maximum Gasteiger partial charge on any atom is 0.455 e. The van der Waals surface area contributed by atoms with Crippen molar-refractivity contribution < 1.29 is 18.0 Å². The lowest BCUT2D eigenvalue weighted by Crippen LogP contribution is -2.35. The van der Waals surface area contributed by atoms with Crippen LogP contribution in [-0.2, 0) is 4.79 Å². The van der Waals surface area contributed by atoms with Crippen molar-refractivity contribution in [3.05, 3.63) is 10.7 Å². The summed E-state index contributed by atoms with van der Waals surface area (Å²) in [7, 11) is 0. The van der Waals surface area contributed by atoms with Gasteiger partial charge in [0.25, 0.3) is 5.78 Å². The van der Waals surface area contributed by atoms with Gasteiger partial charge in [0.05, 0.1) is 4.48 Å². The molecule has 2 nitrogen and oxygen atoms in total. The van der Waals surface area contributed by atoms with E-state index in [4.69, 9.17) is 0 Å². The Morgan fingerprint density at radius 3 is 2.18 bits per heavy atom. The van der Waals surface area contributed by atoms with E-state index in [-0.39, 0.29) is 0 Å². The molecule has 1 heterocycles. The molecule has 98 valence electrons. The van der Waals surface area contributed by atoms with E-state index in [1.165, 1.54) is 6.20 Å². The predicted octanol–water partition coefficient (Wildman–Crippen LogP) is 3.33. The number of rotatable bonds is 2. The molecule has 0 amide bonds. The number of alkyl halides is 3. The zero-order valence-electron chi connectivity index (χ0n) is 9.72. The fourth-order valence-corrected chi connectivity index (χ4v) is 2.69. The summed E-state index contributed by atoms with van der Waals surface area (Å²) in [5, 5.41) is 0. The molecule has 0 aromatic carbocycles. The second-order valence-electron chi connectivity index (χ2n) is 4.70. The first-order valence-corrected chi connectivity index (χ1v) is 6.22. The topological polar surface area (TPSA) is 20.3 Å². The quantitative estimate of drug-likeness (QED) is 0.729. The molecule has 6 heteroatoms. The van der Waals surface area contributed by atoms with Crippen molar-refractivity contribution in [3.63, 3.8) is 0 Å². The minimum absolute atomic E-state index is 0.425. The van der Waals surface area contributed by atoms with Gasteiger partial charge in [-0.1, -0.05) is 13.8 Å². The zero-order valence-corrected chi connectivity index (χ0v) is 11.3. The van der Waals surface area contributed by atoms with E-state index in [1.807, 2.05) is 0 Å². The van der Waals surface area contributed by atoms with Gasteiger partial charge in [-0.15, -0.1) is 0 Å². The Bertz CT molecular complexity index is 317. The molecule has 0 N–H and O–H groups in total. The smallest absolute Gasteiger partial charge is 0.376 e. The Hall–Kier alpha value is -0.520. The normalized spacial score (nSPS) is 27.2. The lowest BCUT2D eigenvalue weighted by atomic mass is 9.92. The number of allylic oxidation sites excluding steroid dienone is 1. The Balaban J connectivity index is 2.71. The minimum atomic E-state index is -4.82. The number of halogens is 4. The van der Waals surface area contributed by atoms with Gasteiger partial charge in [0, 0.05) is 19.3 Å². The van der Waals surface area contributed by atoms with Crippen LogP contribution in [0.1, 0.15) is 20.3 Å². The maximum atomic E-state index is 12.2. The Morgan fingerprint density at radius 1 is 1.29 bits per heavy atom. The monoisotopic (exact) mass is 313 g/mol. The molecule has 17 heavy (non-hydrogen) atoms. The minimum Gasteiger partial charge on any atom is -0.376 e.